The van der Waals surface area contributed by atoms with Crippen molar-refractivity contribution in [3.63, 3.8) is 0 Å². The Bertz CT molecular complexity index is 4250. The second kappa shape index (κ2) is 16.7. The molecule has 0 aliphatic heterocycles. The van der Waals surface area contributed by atoms with Crippen LogP contribution in [0.15, 0.2) is 273 Å². The fourth-order valence-corrected chi connectivity index (χ4v) is 11.3. The third-order valence-electron chi connectivity index (χ3n) is 14.5. The maximum absolute atomic E-state index is 2.52. The first-order valence-corrected chi connectivity index (χ1v) is 24.4. The number of nitrogens with zero attached hydrogens (tertiary/aromatic N) is 3. The first-order chi connectivity index (χ1) is 35.2. The zero-order valence-corrected chi connectivity index (χ0v) is 38.8. The van der Waals surface area contributed by atoms with Gasteiger partial charge >= 0.3 is 0 Å². The van der Waals surface area contributed by atoms with E-state index in [0.29, 0.717) is 0 Å². The highest BCUT2D eigenvalue weighted by Gasteiger charge is 2.26. The monoisotopic (exact) mass is 903 g/mol. The summed E-state index contributed by atoms with van der Waals surface area (Å²) in [5.74, 6) is 0. The Labute approximate surface area is 412 Å². The van der Waals surface area contributed by atoms with Crippen LogP contribution in [0, 0.1) is 0 Å². The number of aromatic nitrogens is 2. The molecule has 3 nitrogen and oxygen atoms in total. The summed E-state index contributed by atoms with van der Waals surface area (Å²) in [6.45, 7) is 0. The minimum atomic E-state index is 1.09. The van der Waals surface area contributed by atoms with Crippen LogP contribution in [0.2, 0.25) is 0 Å². The molecule has 0 aliphatic carbocycles. The van der Waals surface area contributed by atoms with Gasteiger partial charge in [-0.2, -0.15) is 0 Å². The van der Waals surface area contributed by atoms with Crippen molar-refractivity contribution in [3.8, 4) is 44.8 Å². The van der Waals surface area contributed by atoms with Crippen LogP contribution < -0.4 is 4.90 Å². The number of benzene rings is 12. The fourth-order valence-electron chi connectivity index (χ4n) is 11.3. The summed E-state index contributed by atoms with van der Waals surface area (Å²) >= 11 is 0. The zero-order valence-electron chi connectivity index (χ0n) is 38.8. The van der Waals surface area contributed by atoms with Crippen LogP contribution in [0.1, 0.15) is 0 Å². The number of hydrogen-bond acceptors (Lipinski definition) is 1. The summed E-state index contributed by atoms with van der Waals surface area (Å²) in [6.07, 6.45) is 0. The lowest BCUT2D eigenvalue weighted by molar-refractivity contribution is 1.15. The molecule has 2 heterocycles. The Kier molecular flexibility index (Phi) is 9.53. The van der Waals surface area contributed by atoms with Gasteiger partial charge in [0.2, 0.25) is 0 Å². The predicted molar refractivity (Wildman–Crippen MR) is 301 cm³/mol. The van der Waals surface area contributed by atoms with Gasteiger partial charge in [0.1, 0.15) is 0 Å². The molecular formula is C68H45N3. The Hall–Kier alpha value is -9.44. The molecule has 0 saturated heterocycles. The van der Waals surface area contributed by atoms with Gasteiger partial charge < -0.3 is 14.0 Å². The van der Waals surface area contributed by atoms with Gasteiger partial charge in [-0.15, -0.1) is 0 Å². The third kappa shape index (κ3) is 6.66. The Morgan fingerprint density at radius 2 is 0.676 bits per heavy atom. The maximum Gasteiger partial charge on any atom is 0.0795 e. The minimum Gasteiger partial charge on any atom is -0.311 e. The van der Waals surface area contributed by atoms with E-state index in [2.05, 4.69) is 287 Å². The molecule has 0 aliphatic rings. The number of fused-ring (bicyclic) bond motifs is 9. The van der Waals surface area contributed by atoms with E-state index in [0.717, 1.165) is 45.0 Å². The van der Waals surface area contributed by atoms with Gasteiger partial charge in [-0.25, -0.2) is 0 Å². The van der Waals surface area contributed by atoms with Crippen molar-refractivity contribution in [1.82, 2.24) is 9.13 Å². The Morgan fingerprint density at radius 1 is 0.254 bits per heavy atom. The lowest BCUT2D eigenvalue weighted by Gasteiger charge is -2.25. The topological polar surface area (TPSA) is 13.1 Å². The summed E-state index contributed by atoms with van der Waals surface area (Å²) in [6, 6.07) is 99.9. The van der Waals surface area contributed by atoms with Crippen LogP contribution in [0.25, 0.3) is 110 Å². The largest absolute Gasteiger partial charge is 0.311 e. The van der Waals surface area contributed by atoms with Crippen molar-refractivity contribution in [3.05, 3.63) is 273 Å². The van der Waals surface area contributed by atoms with E-state index in [1.165, 1.54) is 81.9 Å². The van der Waals surface area contributed by atoms with Crippen LogP contribution in [0.3, 0.4) is 0 Å². The fraction of sp³-hybridized carbons (Fsp3) is 0. The van der Waals surface area contributed by atoms with E-state index >= 15 is 0 Å². The van der Waals surface area contributed by atoms with Crippen molar-refractivity contribution >= 4 is 82.2 Å². The van der Waals surface area contributed by atoms with E-state index in [9.17, 15) is 0 Å². The highest BCUT2D eigenvalue weighted by atomic mass is 15.1. The standard InChI is InChI=1S/C68H45N3/c1-5-23-51(24-6-1)69(52-25-7-2-8-26-52)55-39-35-48(36-40-55)60-45-62-61-43-49(58-33-17-21-46-19-13-15-31-56(46)58)37-41-64(61)70(53-27-9-3-10-28-53)67(62)68-66(60)63-44-50(59-34-18-22-47-20-14-16-32-57(47)59)38-42-65(63)71(68)54-29-11-4-12-30-54/h1-45H. The second-order valence-electron chi connectivity index (χ2n) is 18.5. The van der Waals surface area contributed by atoms with Crippen molar-refractivity contribution in [2.45, 2.75) is 0 Å². The molecule has 332 valence electrons. The van der Waals surface area contributed by atoms with E-state index in [4.69, 9.17) is 0 Å². The number of rotatable bonds is 8. The highest BCUT2D eigenvalue weighted by molar-refractivity contribution is 6.29. The second-order valence-corrected chi connectivity index (χ2v) is 18.5. The summed E-state index contributed by atoms with van der Waals surface area (Å²) in [7, 11) is 0. The predicted octanol–water partition coefficient (Wildman–Crippen LogP) is 18.7. The van der Waals surface area contributed by atoms with Crippen LogP contribution in [-0.4, -0.2) is 9.13 Å². The van der Waals surface area contributed by atoms with E-state index in [1.54, 1.807) is 0 Å². The molecule has 71 heavy (non-hydrogen) atoms. The van der Waals surface area contributed by atoms with Crippen molar-refractivity contribution in [2.24, 2.45) is 0 Å². The average Bonchev–Trinajstić information content (AvgIpc) is 3.96. The summed E-state index contributed by atoms with van der Waals surface area (Å²) in [4.78, 5) is 2.34. The average molecular weight is 904 g/mol. The van der Waals surface area contributed by atoms with Crippen LogP contribution in [0.4, 0.5) is 17.1 Å². The smallest absolute Gasteiger partial charge is 0.0795 e. The Balaban J connectivity index is 1.13. The first kappa shape index (κ1) is 40.6. The molecule has 0 saturated carbocycles. The molecule has 14 rings (SSSR count). The minimum absolute atomic E-state index is 1.09. The lowest BCUT2D eigenvalue weighted by Crippen LogP contribution is -2.09. The normalized spacial score (nSPS) is 11.7. The lowest BCUT2D eigenvalue weighted by atomic mass is 9.93. The third-order valence-corrected chi connectivity index (χ3v) is 14.5. The van der Waals surface area contributed by atoms with Gasteiger partial charge in [-0.05, 0) is 146 Å². The van der Waals surface area contributed by atoms with Gasteiger partial charge in [-0.3, -0.25) is 0 Å². The molecule has 3 heteroatoms. The quantitative estimate of drug-likeness (QED) is 0.148. The van der Waals surface area contributed by atoms with Gasteiger partial charge in [0.25, 0.3) is 0 Å². The molecule has 14 aromatic rings. The van der Waals surface area contributed by atoms with Gasteiger partial charge in [-0.1, -0.05) is 182 Å². The number of hydrogen-bond donors (Lipinski definition) is 0. The molecule has 0 N–H and O–H groups in total. The van der Waals surface area contributed by atoms with E-state index < -0.39 is 0 Å². The summed E-state index contributed by atoms with van der Waals surface area (Å²) in [5, 5.41) is 9.77. The molecule has 12 aromatic carbocycles. The molecular weight excluding hydrogens is 859 g/mol. The van der Waals surface area contributed by atoms with Crippen molar-refractivity contribution < 1.29 is 0 Å². The highest BCUT2D eigenvalue weighted by Crippen LogP contribution is 2.49. The first-order valence-electron chi connectivity index (χ1n) is 24.4. The van der Waals surface area contributed by atoms with Gasteiger partial charge in [0, 0.05) is 50.0 Å². The van der Waals surface area contributed by atoms with Gasteiger partial charge in [0.05, 0.1) is 22.1 Å². The van der Waals surface area contributed by atoms with Crippen molar-refractivity contribution in [2.75, 3.05) is 4.90 Å². The van der Waals surface area contributed by atoms with E-state index in [1.807, 2.05) is 0 Å². The van der Waals surface area contributed by atoms with Crippen LogP contribution in [0.5, 0.6) is 0 Å². The molecule has 0 amide bonds. The summed E-state index contributed by atoms with van der Waals surface area (Å²) in [5.41, 5.74) is 17.3. The molecule has 0 unspecified atom stereocenters. The maximum atomic E-state index is 2.52. The molecule has 0 radical (unpaired) electrons. The van der Waals surface area contributed by atoms with Gasteiger partial charge in [0.15, 0.2) is 0 Å². The molecule has 0 fully saturated rings. The Morgan fingerprint density at radius 3 is 1.23 bits per heavy atom. The van der Waals surface area contributed by atoms with Crippen LogP contribution >= 0.6 is 0 Å². The molecule has 0 spiro atoms. The zero-order chi connectivity index (χ0) is 46.8. The molecule has 0 bridgehead atoms. The SMILES string of the molecule is c1ccc(N(c2ccccc2)c2ccc(-c3cc4c5cc(-c6cccc7ccccc67)ccc5n(-c5ccccc5)c4c4c3c3cc(-c5cccc6ccccc56)ccc3n4-c3ccccc3)cc2)cc1. The molecule has 2 aromatic heterocycles. The number of anilines is 3. The van der Waals surface area contributed by atoms with Crippen molar-refractivity contribution in [1.29, 1.82) is 0 Å². The van der Waals surface area contributed by atoms with E-state index in [-0.39, 0.29) is 0 Å². The summed E-state index contributed by atoms with van der Waals surface area (Å²) < 4.78 is 5.03. The van der Waals surface area contributed by atoms with Crippen LogP contribution in [-0.2, 0) is 0 Å². The number of para-hydroxylation sites is 4. The molecule has 0 atom stereocenters.